The largest absolute Gasteiger partial charge is 0.483 e. The number of rotatable bonds is 6. The van der Waals surface area contributed by atoms with Gasteiger partial charge in [-0.05, 0) is 56.5 Å². The number of ether oxygens (including phenoxy) is 1. The van der Waals surface area contributed by atoms with Crippen LogP contribution in [0.25, 0.3) is 5.57 Å². The molecule has 0 aromatic heterocycles. The zero-order chi connectivity index (χ0) is 29.2. The fourth-order valence-electron chi connectivity index (χ4n) is 6.37. The first kappa shape index (κ1) is 27.8. The average molecular weight is 593 g/mol. The maximum absolute atomic E-state index is 7.39. The van der Waals surface area contributed by atoms with Gasteiger partial charge in [-0.25, -0.2) is 0 Å². The van der Waals surface area contributed by atoms with Gasteiger partial charge in [0.15, 0.2) is 0 Å². The summed E-state index contributed by atoms with van der Waals surface area (Å²) >= 11 is 0. The SMILES string of the molecule is CC(C)=C1c2cccc(P(c3ccccc3)c3ccccc3)c2OC2C(P(c3ccccc3)c3ccccc3)=CC=CC12. The molecular formula is C40H34OP2. The highest BCUT2D eigenvalue weighted by Gasteiger charge is 2.41. The van der Waals surface area contributed by atoms with Gasteiger partial charge >= 0.3 is 0 Å². The van der Waals surface area contributed by atoms with Gasteiger partial charge in [-0.2, -0.15) is 0 Å². The van der Waals surface area contributed by atoms with E-state index in [1.165, 1.54) is 48.5 Å². The summed E-state index contributed by atoms with van der Waals surface area (Å²) in [4.78, 5) is 0. The fourth-order valence-corrected chi connectivity index (χ4v) is 11.3. The number of fused-ring (bicyclic) bond motifs is 2. The van der Waals surface area contributed by atoms with Gasteiger partial charge in [0.05, 0.1) is 0 Å². The van der Waals surface area contributed by atoms with Crippen LogP contribution in [0.5, 0.6) is 5.75 Å². The molecule has 1 aliphatic carbocycles. The Morgan fingerprint density at radius 3 is 1.53 bits per heavy atom. The van der Waals surface area contributed by atoms with Crippen LogP contribution in [0, 0.1) is 5.92 Å². The van der Waals surface area contributed by atoms with Crippen molar-refractivity contribution < 1.29 is 4.74 Å². The minimum Gasteiger partial charge on any atom is -0.483 e. The third kappa shape index (κ3) is 5.34. The molecule has 43 heavy (non-hydrogen) atoms. The third-order valence-electron chi connectivity index (χ3n) is 8.16. The van der Waals surface area contributed by atoms with Gasteiger partial charge in [-0.15, -0.1) is 0 Å². The van der Waals surface area contributed by atoms with E-state index in [-0.39, 0.29) is 12.0 Å². The number of benzene rings is 5. The summed E-state index contributed by atoms with van der Waals surface area (Å²) in [6.45, 7) is 4.52. The first-order valence-electron chi connectivity index (χ1n) is 14.9. The van der Waals surface area contributed by atoms with Crippen LogP contribution in [0.2, 0.25) is 0 Å². The molecule has 0 radical (unpaired) electrons. The molecule has 2 unspecified atom stereocenters. The normalized spacial score (nSPS) is 17.2. The van der Waals surface area contributed by atoms with Crippen molar-refractivity contribution in [1.29, 1.82) is 0 Å². The highest BCUT2D eigenvalue weighted by atomic mass is 31.1. The summed E-state index contributed by atoms with van der Waals surface area (Å²) in [6, 6.07) is 50.7. The Balaban J connectivity index is 1.42. The fraction of sp³-hybridized carbons (Fsp3) is 0.100. The zero-order valence-corrected chi connectivity index (χ0v) is 26.3. The average Bonchev–Trinajstić information content (AvgIpc) is 3.06. The predicted octanol–water partition coefficient (Wildman–Crippen LogP) is 8.20. The Hall–Kier alpha value is -4.02. The molecule has 1 nitrogen and oxygen atoms in total. The van der Waals surface area contributed by atoms with Gasteiger partial charge in [0.25, 0.3) is 0 Å². The van der Waals surface area contributed by atoms with Gasteiger partial charge in [0.2, 0.25) is 0 Å². The van der Waals surface area contributed by atoms with Crippen LogP contribution < -0.4 is 31.3 Å². The predicted molar refractivity (Wildman–Crippen MR) is 188 cm³/mol. The minimum absolute atomic E-state index is 0.0847. The Labute approximate surface area is 257 Å². The van der Waals surface area contributed by atoms with Crippen molar-refractivity contribution >= 4 is 47.9 Å². The van der Waals surface area contributed by atoms with E-state index in [9.17, 15) is 0 Å². The Morgan fingerprint density at radius 1 is 0.558 bits per heavy atom. The van der Waals surface area contributed by atoms with E-state index in [2.05, 4.69) is 172 Å². The second-order valence-electron chi connectivity index (χ2n) is 11.1. The lowest BCUT2D eigenvalue weighted by atomic mass is 9.80. The summed E-state index contributed by atoms with van der Waals surface area (Å²) in [6.07, 6.45) is 6.87. The second-order valence-corrected chi connectivity index (χ2v) is 15.5. The maximum atomic E-state index is 7.39. The summed E-state index contributed by atoms with van der Waals surface area (Å²) < 4.78 is 7.39. The summed E-state index contributed by atoms with van der Waals surface area (Å²) in [5.74, 6) is 1.20. The van der Waals surface area contributed by atoms with Gasteiger partial charge < -0.3 is 4.74 Å². The monoisotopic (exact) mass is 592 g/mol. The molecule has 0 amide bonds. The van der Waals surface area contributed by atoms with E-state index >= 15 is 0 Å². The molecule has 1 heterocycles. The van der Waals surface area contributed by atoms with Gasteiger partial charge in [-0.3, -0.25) is 0 Å². The van der Waals surface area contributed by atoms with Crippen LogP contribution in [0.1, 0.15) is 19.4 Å². The quantitative estimate of drug-likeness (QED) is 0.181. The van der Waals surface area contributed by atoms with Crippen LogP contribution in [0.3, 0.4) is 0 Å². The summed E-state index contributed by atoms with van der Waals surface area (Å²) in [5.41, 5.74) is 3.96. The van der Waals surface area contributed by atoms with E-state index in [4.69, 9.17) is 4.74 Å². The topological polar surface area (TPSA) is 9.23 Å². The molecule has 0 fully saturated rings. The lowest BCUT2D eigenvalue weighted by molar-refractivity contribution is 0.211. The van der Waals surface area contributed by atoms with Gasteiger partial charge in [0.1, 0.15) is 11.9 Å². The smallest absolute Gasteiger partial charge is 0.136 e. The molecule has 3 heteroatoms. The number of allylic oxidation sites excluding steroid dienone is 3. The molecule has 1 aliphatic heterocycles. The number of para-hydroxylation sites is 1. The molecule has 5 aromatic carbocycles. The third-order valence-corrected chi connectivity index (χ3v) is 13.2. The van der Waals surface area contributed by atoms with E-state index in [0.29, 0.717) is 0 Å². The minimum atomic E-state index is -0.821. The molecule has 2 atom stereocenters. The molecule has 0 spiro atoms. The molecule has 0 bridgehead atoms. The first-order chi connectivity index (χ1) is 21.2. The number of hydrogen-bond donors (Lipinski definition) is 0. The Bertz CT molecular complexity index is 1730. The molecule has 5 aromatic rings. The van der Waals surface area contributed by atoms with Crippen molar-refractivity contribution in [2.24, 2.45) is 5.92 Å². The highest BCUT2D eigenvalue weighted by molar-refractivity contribution is 7.80. The van der Waals surface area contributed by atoms with Crippen LogP contribution in [0.15, 0.2) is 169 Å². The Morgan fingerprint density at radius 2 is 1.05 bits per heavy atom. The first-order valence-corrected chi connectivity index (χ1v) is 17.6. The lowest BCUT2D eigenvalue weighted by Crippen LogP contribution is -2.38. The van der Waals surface area contributed by atoms with Gasteiger partial charge in [0, 0.05) is 22.1 Å². The lowest BCUT2D eigenvalue weighted by Gasteiger charge is -2.41. The standard InChI is InChI=1S/C40H34OP2/c1-29(2)38-34-25-15-27-36(42(30-17-7-3-8-18-30)31-19-9-4-10-20-31)39(34)41-40-35(38)26-16-28-37(40)43(32-21-11-5-12-22-32)33-23-13-6-14-24-33/h3-28,34,39H,1-2H3. The van der Waals surface area contributed by atoms with Crippen molar-refractivity contribution in [3.63, 3.8) is 0 Å². The van der Waals surface area contributed by atoms with E-state index < -0.39 is 15.8 Å². The molecule has 0 saturated carbocycles. The highest BCUT2D eigenvalue weighted by Crippen LogP contribution is 2.54. The Kier molecular flexibility index (Phi) is 7.95. The molecule has 0 N–H and O–H groups in total. The van der Waals surface area contributed by atoms with Crippen molar-refractivity contribution in [2.75, 3.05) is 0 Å². The molecule has 0 saturated heterocycles. The van der Waals surface area contributed by atoms with Crippen molar-refractivity contribution in [3.05, 3.63) is 174 Å². The number of hydrogen-bond acceptors (Lipinski definition) is 1. The zero-order valence-electron chi connectivity index (χ0n) is 24.5. The summed E-state index contributed by atoms with van der Waals surface area (Å²) in [5, 5.41) is 8.00. The van der Waals surface area contributed by atoms with Crippen LogP contribution >= 0.6 is 15.8 Å². The van der Waals surface area contributed by atoms with Gasteiger partial charge in [-0.1, -0.05) is 163 Å². The maximum Gasteiger partial charge on any atom is 0.136 e. The van der Waals surface area contributed by atoms with Crippen LogP contribution in [0.4, 0.5) is 0 Å². The van der Waals surface area contributed by atoms with Crippen LogP contribution in [-0.2, 0) is 0 Å². The second kappa shape index (κ2) is 12.3. The molecule has 7 rings (SSSR count). The van der Waals surface area contributed by atoms with Crippen molar-refractivity contribution in [2.45, 2.75) is 20.0 Å². The van der Waals surface area contributed by atoms with Crippen LogP contribution in [-0.4, -0.2) is 6.10 Å². The van der Waals surface area contributed by atoms with E-state index in [1.54, 1.807) is 0 Å². The molecule has 2 aliphatic rings. The van der Waals surface area contributed by atoms with E-state index in [1.807, 2.05) is 0 Å². The van der Waals surface area contributed by atoms with Crippen molar-refractivity contribution in [1.82, 2.24) is 0 Å². The van der Waals surface area contributed by atoms with Crippen molar-refractivity contribution in [3.8, 4) is 5.75 Å². The summed E-state index contributed by atoms with van der Waals surface area (Å²) in [7, 11) is -1.61. The van der Waals surface area contributed by atoms with E-state index in [0.717, 1.165) is 5.75 Å². The molecule has 210 valence electrons. The molecular weight excluding hydrogens is 558 g/mol.